The van der Waals surface area contributed by atoms with E-state index in [1.54, 1.807) is 13.8 Å². The van der Waals surface area contributed by atoms with Crippen LogP contribution < -0.4 is 4.72 Å². The summed E-state index contributed by atoms with van der Waals surface area (Å²) in [4.78, 5) is 0.129. The van der Waals surface area contributed by atoms with Crippen molar-refractivity contribution in [2.75, 3.05) is 0 Å². The molecular formula is C16H22N2O3S. The van der Waals surface area contributed by atoms with Crippen molar-refractivity contribution in [3.8, 4) is 0 Å². The van der Waals surface area contributed by atoms with Gasteiger partial charge in [-0.15, -0.1) is 0 Å². The highest BCUT2D eigenvalue weighted by molar-refractivity contribution is 7.89. The topological polar surface area (TPSA) is 72.2 Å². The average molecular weight is 322 g/mol. The van der Waals surface area contributed by atoms with Crippen LogP contribution in [0.15, 0.2) is 33.7 Å². The zero-order chi connectivity index (χ0) is 16.3. The molecule has 5 nitrogen and oxygen atoms in total. The fraction of sp³-hybridized carbons (Fsp3) is 0.438. The number of nitrogens with zero attached hydrogens (tertiary/aromatic N) is 1. The van der Waals surface area contributed by atoms with E-state index in [-0.39, 0.29) is 11.4 Å². The Hall–Kier alpha value is -1.66. The van der Waals surface area contributed by atoms with Crippen LogP contribution in [0.3, 0.4) is 0 Å². The summed E-state index contributed by atoms with van der Waals surface area (Å²) in [7, 11) is -3.61. The second kappa shape index (κ2) is 6.62. The quantitative estimate of drug-likeness (QED) is 0.887. The average Bonchev–Trinajstić information content (AvgIpc) is 2.77. The molecule has 0 saturated carbocycles. The third-order valence-corrected chi connectivity index (χ3v) is 5.01. The van der Waals surface area contributed by atoms with Crippen LogP contribution in [0.4, 0.5) is 0 Å². The van der Waals surface area contributed by atoms with Gasteiger partial charge in [0.05, 0.1) is 0 Å². The molecule has 0 bridgehead atoms. The van der Waals surface area contributed by atoms with E-state index in [0.29, 0.717) is 17.4 Å². The molecule has 1 N–H and O–H groups in total. The molecular weight excluding hydrogens is 300 g/mol. The number of rotatable bonds is 6. The molecule has 0 spiro atoms. The van der Waals surface area contributed by atoms with Gasteiger partial charge in [-0.05, 0) is 37.3 Å². The van der Waals surface area contributed by atoms with Crippen molar-refractivity contribution in [1.82, 2.24) is 9.88 Å². The van der Waals surface area contributed by atoms with Crippen molar-refractivity contribution >= 4 is 10.0 Å². The smallest absolute Gasteiger partial charge is 0.246 e. The molecule has 1 aromatic carbocycles. The third-order valence-electron chi connectivity index (χ3n) is 3.37. The van der Waals surface area contributed by atoms with E-state index in [9.17, 15) is 8.42 Å². The van der Waals surface area contributed by atoms with Crippen molar-refractivity contribution in [3.05, 3.63) is 46.8 Å². The molecule has 0 saturated heterocycles. The predicted molar refractivity (Wildman–Crippen MR) is 85.0 cm³/mol. The van der Waals surface area contributed by atoms with E-state index >= 15 is 0 Å². The number of hydrogen-bond donors (Lipinski definition) is 1. The maximum absolute atomic E-state index is 12.3. The first kappa shape index (κ1) is 16.7. The molecule has 1 aromatic heterocycles. The van der Waals surface area contributed by atoms with Crippen molar-refractivity contribution in [2.45, 2.75) is 45.6 Å². The number of aryl methyl sites for hydroxylation is 2. The van der Waals surface area contributed by atoms with Gasteiger partial charge in [0.25, 0.3) is 0 Å². The van der Waals surface area contributed by atoms with E-state index in [2.05, 4.69) is 23.7 Å². The molecule has 22 heavy (non-hydrogen) atoms. The Labute approximate surface area is 131 Å². The molecule has 0 radical (unpaired) electrons. The van der Waals surface area contributed by atoms with E-state index < -0.39 is 10.0 Å². The lowest BCUT2D eigenvalue weighted by Gasteiger charge is -2.08. The lowest BCUT2D eigenvalue weighted by atomic mass is 10.0. The van der Waals surface area contributed by atoms with Crippen LogP contribution in [-0.4, -0.2) is 13.6 Å². The normalized spacial score (nSPS) is 12.0. The Morgan fingerprint density at radius 1 is 1.14 bits per heavy atom. The third kappa shape index (κ3) is 3.96. The van der Waals surface area contributed by atoms with Crippen LogP contribution in [0.25, 0.3) is 0 Å². The summed E-state index contributed by atoms with van der Waals surface area (Å²) in [6.45, 7) is 7.80. The molecule has 120 valence electrons. The Kier molecular flexibility index (Phi) is 5.03. The van der Waals surface area contributed by atoms with Gasteiger partial charge in [-0.1, -0.05) is 43.3 Å². The highest BCUT2D eigenvalue weighted by atomic mass is 32.2. The zero-order valence-electron chi connectivity index (χ0n) is 13.4. The largest absolute Gasteiger partial charge is 0.360 e. The first-order chi connectivity index (χ1) is 10.3. The molecule has 0 fully saturated rings. The Balaban J connectivity index is 2.06. The molecule has 0 aliphatic rings. The monoisotopic (exact) mass is 322 g/mol. The van der Waals surface area contributed by atoms with Crippen LogP contribution in [0.2, 0.25) is 0 Å². The van der Waals surface area contributed by atoms with Gasteiger partial charge in [-0.2, -0.15) is 0 Å². The molecule has 2 aromatic rings. The minimum atomic E-state index is -3.61. The maximum atomic E-state index is 12.3. The minimum Gasteiger partial charge on any atom is -0.360 e. The SMILES string of the molecule is Cc1noc(C)c1S(=O)(=O)NCc1ccc(CC(C)C)cc1. The number of benzene rings is 1. The highest BCUT2D eigenvalue weighted by Gasteiger charge is 2.23. The van der Waals surface area contributed by atoms with Gasteiger partial charge in [0.15, 0.2) is 5.76 Å². The summed E-state index contributed by atoms with van der Waals surface area (Å²) in [5.74, 6) is 0.904. The van der Waals surface area contributed by atoms with Crippen molar-refractivity contribution in [3.63, 3.8) is 0 Å². The van der Waals surface area contributed by atoms with Crippen molar-refractivity contribution in [1.29, 1.82) is 0 Å². The highest BCUT2D eigenvalue weighted by Crippen LogP contribution is 2.19. The molecule has 0 aliphatic heterocycles. The standard InChI is InChI=1S/C16H22N2O3S/c1-11(2)9-14-5-7-15(8-6-14)10-17-22(19,20)16-12(3)18-21-13(16)4/h5-8,11,17H,9-10H2,1-4H3. The van der Waals surface area contributed by atoms with Crippen LogP contribution in [-0.2, 0) is 23.0 Å². The summed E-state index contributed by atoms with van der Waals surface area (Å²) in [6.07, 6.45) is 1.02. The second-order valence-electron chi connectivity index (χ2n) is 5.89. The zero-order valence-corrected chi connectivity index (χ0v) is 14.2. The Bertz CT molecular complexity index is 712. The van der Waals surface area contributed by atoms with Crippen LogP contribution in [0.5, 0.6) is 0 Å². The Morgan fingerprint density at radius 3 is 2.23 bits per heavy atom. The summed E-state index contributed by atoms with van der Waals surface area (Å²) in [6, 6.07) is 7.99. The first-order valence-electron chi connectivity index (χ1n) is 7.30. The van der Waals surface area contributed by atoms with E-state index in [4.69, 9.17) is 4.52 Å². The fourth-order valence-corrected chi connectivity index (χ4v) is 3.72. The molecule has 1 heterocycles. The summed E-state index contributed by atoms with van der Waals surface area (Å²) in [5.41, 5.74) is 2.55. The molecule has 0 aliphatic carbocycles. The number of sulfonamides is 1. The van der Waals surface area contributed by atoms with Gasteiger partial charge in [0.2, 0.25) is 10.0 Å². The molecule has 6 heteroatoms. The predicted octanol–water partition coefficient (Wildman–Crippen LogP) is 2.97. The second-order valence-corrected chi connectivity index (χ2v) is 7.60. The summed E-state index contributed by atoms with van der Waals surface area (Å²) >= 11 is 0. The van der Waals surface area contributed by atoms with Gasteiger partial charge in [0.1, 0.15) is 10.6 Å². The van der Waals surface area contributed by atoms with Gasteiger partial charge in [0, 0.05) is 6.54 Å². The van der Waals surface area contributed by atoms with Crippen molar-refractivity contribution < 1.29 is 12.9 Å². The van der Waals surface area contributed by atoms with Gasteiger partial charge >= 0.3 is 0 Å². The molecule has 0 atom stereocenters. The van der Waals surface area contributed by atoms with E-state index in [1.165, 1.54) is 5.56 Å². The van der Waals surface area contributed by atoms with Crippen LogP contribution in [0.1, 0.15) is 36.4 Å². The maximum Gasteiger partial charge on any atom is 0.246 e. The lowest BCUT2D eigenvalue weighted by Crippen LogP contribution is -2.24. The number of hydrogen-bond acceptors (Lipinski definition) is 4. The molecule has 0 unspecified atom stereocenters. The summed E-state index contributed by atoms with van der Waals surface area (Å²) < 4.78 is 32.1. The van der Waals surface area contributed by atoms with E-state index in [1.807, 2.05) is 24.3 Å². The molecule has 0 amide bonds. The van der Waals surface area contributed by atoms with Gasteiger partial charge in [-0.25, -0.2) is 13.1 Å². The Morgan fingerprint density at radius 2 is 1.73 bits per heavy atom. The van der Waals surface area contributed by atoms with Crippen LogP contribution >= 0.6 is 0 Å². The minimum absolute atomic E-state index is 0.129. The van der Waals surface area contributed by atoms with Crippen molar-refractivity contribution in [2.24, 2.45) is 5.92 Å². The fourth-order valence-electron chi connectivity index (χ4n) is 2.37. The summed E-state index contributed by atoms with van der Waals surface area (Å²) in [5, 5.41) is 3.68. The molecule has 2 rings (SSSR count). The lowest BCUT2D eigenvalue weighted by molar-refractivity contribution is 0.390. The van der Waals surface area contributed by atoms with Gasteiger partial charge in [-0.3, -0.25) is 0 Å². The van der Waals surface area contributed by atoms with Crippen LogP contribution in [0, 0.1) is 19.8 Å². The number of aromatic nitrogens is 1. The first-order valence-corrected chi connectivity index (χ1v) is 8.78. The van der Waals surface area contributed by atoms with Gasteiger partial charge < -0.3 is 4.52 Å². The van der Waals surface area contributed by atoms with E-state index in [0.717, 1.165) is 12.0 Å². The number of nitrogens with one attached hydrogen (secondary N) is 1.